The summed E-state index contributed by atoms with van der Waals surface area (Å²) in [5, 5.41) is 9.65. The first-order valence-corrected chi connectivity index (χ1v) is 4.87. The highest BCUT2D eigenvalue weighted by Gasteiger charge is 1.88. The van der Waals surface area contributed by atoms with Crippen molar-refractivity contribution < 1.29 is 0 Å². The van der Waals surface area contributed by atoms with Gasteiger partial charge >= 0.3 is 0 Å². The van der Waals surface area contributed by atoms with Crippen molar-refractivity contribution in [1.29, 1.82) is 0 Å². The van der Waals surface area contributed by atoms with Crippen LogP contribution in [0.2, 0.25) is 0 Å². The van der Waals surface area contributed by atoms with Crippen molar-refractivity contribution in [2.75, 3.05) is 0 Å². The molecule has 0 spiro atoms. The molecule has 0 aliphatic heterocycles. The summed E-state index contributed by atoms with van der Waals surface area (Å²) in [6.45, 7) is 11.9. The van der Waals surface area contributed by atoms with Gasteiger partial charge in [0.25, 0.3) is 0 Å². The zero-order chi connectivity index (χ0) is 9.28. The van der Waals surface area contributed by atoms with E-state index >= 15 is 0 Å². The van der Waals surface area contributed by atoms with Crippen molar-refractivity contribution in [2.45, 2.75) is 41.5 Å². The highest BCUT2D eigenvalue weighted by atomic mass is 32.1. The Balaban J connectivity index is 0. The SMILES string of the molecule is CC.CC.Cc1nnc(C)s1. The Morgan fingerprint density at radius 1 is 0.818 bits per heavy atom. The van der Waals surface area contributed by atoms with E-state index in [0.717, 1.165) is 10.0 Å². The van der Waals surface area contributed by atoms with Crippen molar-refractivity contribution in [1.82, 2.24) is 10.2 Å². The highest BCUT2D eigenvalue weighted by molar-refractivity contribution is 7.11. The van der Waals surface area contributed by atoms with Crippen LogP contribution in [-0.2, 0) is 0 Å². The zero-order valence-corrected chi connectivity index (χ0v) is 9.12. The third-order valence-electron chi connectivity index (χ3n) is 0.627. The second-order valence-electron chi connectivity index (χ2n) is 1.34. The molecule has 3 heteroatoms. The number of hydrogen-bond acceptors (Lipinski definition) is 3. The summed E-state index contributed by atoms with van der Waals surface area (Å²) in [6.07, 6.45) is 0. The maximum Gasteiger partial charge on any atom is 0.114 e. The second-order valence-corrected chi connectivity index (χ2v) is 2.73. The first kappa shape index (κ1) is 13.2. The Labute approximate surface area is 73.7 Å². The Bertz CT molecular complexity index is 144. The molecule has 0 saturated carbocycles. The molecule has 0 aliphatic rings. The molecule has 0 amide bonds. The van der Waals surface area contributed by atoms with Crippen molar-refractivity contribution in [3.8, 4) is 0 Å². The lowest BCUT2D eigenvalue weighted by Crippen LogP contribution is -1.68. The van der Waals surface area contributed by atoms with Crippen LogP contribution in [0.3, 0.4) is 0 Å². The van der Waals surface area contributed by atoms with E-state index in [9.17, 15) is 0 Å². The molecule has 0 N–H and O–H groups in total. The van der Waals surface area contributed by atoms with E-state index in [-0.39, 0.29) is 0 Å². The second kappa shape index (κ2) is 9.56. The molecule has 11 heavy (non-hydrogen) atoms. The fraction of sp³-hybridized carbons (Fsp3) is 0.750. The van der Waals surface area contributed by atoms with Crippen molar-refractivity contribution >= 4 is 11.3 Å². The Hall–Kier alpha value is -0.440. The van der Waals surface area contributed by atoms with Crippen LogP contribution < -0.4 is 0 Å². The van der Waals surface area contributed by atoms with Crippen LogP contribution in [0.25, 0.3) is 0 Å². The van der Waals surface area contributed by atoms with Gasteiger partial charge in [0.05, 0.1) is 0 Å². The Morgan fingerprint density at radius 3 is 1.18 bits per heavy atom. The van der Waals surface area contributed by atoms with E-state index in [1.807, 2.05) is 41.5 Å². The third-order valence-corrected chi connectivity index (χ3v) is 1.38. The van der Waals surface area contributed by atoms with E-state index in [4.69, 9.17) is 0 Å². The van der Waals surface area contributed by atoms with Gasteiger partial charge in [-0.15, -0.1) is 21.5 Å². The highest BCUT2D eigenvalue weighted by Crippen LogP contribution is 2.03. The van der Waals surface area contributed by atoms with E-state index in [2.05, 4.69) is 10.2 Å². The first-order valence-electron chi connectivity index (χ1n) is 4.06. The summed E-state index contributed by atoms with van der Waals surface area (Å²) in [7, 11) is 0. The first-order chi connectivity index (χ1) is 5.29. The quantitative estimate of drug-likeness (QED) is 0.603. The number of aromatic nitrogens is 2. The molecule has 1 aromatic heterocycles. The number of hydrogen-bond donors (Lipinski definition) is 0. The van der Waals surface area contributed by atoms with Crippen LogP contribution in [0, 0.1) is 13.8 Å². The normalized spacial score (nSPS) is 7.09. The molecular formula is C8H18N2S. The molecular weight excluding hydrogens is 156 g/mol. The fourth-order valence-electron chi connectivity index (χ4n) is 0.395. The van der Waals surface area contributed by atoms with E-state index in [1.54, 1.807) is 11.3 Å². The smallest absolute Gasteiger partial charge is 0.114 e. The van der Waals surface area contributed by atoms with Crippen molar-refractivity contribution in [3.05, 3.63) is 10.0 Å². The largest absolute Gasteiger partial charge is 0.144 e. The van der Waals surface area contributed by atoms with Gasteiger partial charge in [0.1, 0.15) is 10.0 Å². The molecule has 0 saturated heterocycles. The van der Waals surface area contributed by atoms with E-state index < -0.39 is 0 Å². The molecule has 0 radical (unpaired) electrons. The lowest BCUT2D eigenvalue weighted by Gasteiger charge is -1.65. The van der Waals surface area contributed by atoms with Crippen molar-refractivity contribution in [2.24, 2.45) is 0 Å². The van der Waals surface area contributed by atoms with Crippen LogP contribution in [0.4, 0.5) is 0 Å². The van der Waals surface area contributed by atoms with Crippen LogP contribution >= 0.6 is 11.3 Å². The van der Waals surface area contributed by atoms with Crippen molar-refractivity contribution in [3.63, 3.8) is 0 Å². The summed E-state index contributed by atoms with van der Waals surface area (Å²) in [5.41, 5.74) is 0. The summed E-state index contributed by atoms with van der Waals surface area (Å²) in [5.74, 6) is 0. The summed E-state index contributed by atoms with van der Waals surface area (Å²) in [6, 6.07) is 0. The van der Waals surface area contributed by atoms with Gasteiger partial charge in [0.2, 0.25) is 0 Å². The van der Waals surface area contributed by atoms with E-state index in [1.165, 1.54) is 0 Å². The van der Waals surface area contributed by atoms with Gasteiger partial charge in [0, 0.05) is 0 Å². The average Bonchev–Trinajstić information content (AvgIpc) is 2.43. The Kier molecular flexibility index (Phi) is 11.4. The number of nitrogens with zero attached hydrogens (tertiary/aromatic N) is 2. The lowest BCUT2D eigenvalue weighted by atomic mass is 10.9. The summed E-state index contributed by atoms with van der Waals surface area (Å²) < 4.78 is 0. The third kappa shape index (κ3) is 7.46. The summed E-state index contributed by atoms with van der Waals surface area (Å²) >= 11 is 1.62. The van der Waals surface area contributed by atoms with Crippen LogP contribution in [-0.4, -0.2) is 10.2 Å². The van der Waals surface area contributed by atoms with Gasteiger partial charge in [-0.3, -0.25) is 0 Å². The predicted molar refractivity (Wildman–Crippen MR) is 52.1 cm³/mol. The zero-order valence-electron chi connectivity index (χ0n) is 8.30. The molecule has 0 aromatic carbocycles. The number of aryl methyl sites for hydroxylation is 2. The topological polar surface area (TPSA) is 25.8 Å². The van der Waals surface area contributed by atoms with Gasteiger partial charge in [-0.25, -0.2) is 0 Å². The van der Waals surface area contributed by atoms with Crippen LogP contribution in [0.5, 0.6) is 0 Å². The molecule has 0 bridgehead atoms. The molecule has 0 atom stereocenters. The molecule has 1 rings (SSSR count). The van der Waals surface area contributed by atoms with Crippen LogP contribution in [0.1, 0.15) is 37.7 Å². The number of rotatable bonds is 0. The van der Waals surface area contributed by atoms with Gasteiger partial charge in [-0.05, 0) is 13.8 Å². The molecule has 0 fully saturated rings. The molecule has 1 aromatic rings. The minimum absolute atomic E-state index is 1.04. The molecule has 0 unspecified atom stereocenters. The van der Waals surface area contributed by atoms with E-state index in [0.29, 0.717) is 0 Å². The minimum atomic E-state index is 1.04. The minimum Gasteiger partial charge on any atom is -0.144 e. The molecule has 2 nitrogen and oxygen atoms in total. The lowest BCUT2D eigenvalue weighted by molar-refractivity contribution is 1.02. The molecule has 66 valence electrons. The van der Waals surface area contributed by atoms with Gasteiger partial charge in [-0.2, -0.15) is 0 Å². The maximum atomic E-state index is 3.78. The fourth-order valence-corrected chi connectivity index (χ4v) is 0.986. The summed E-state index contributed by atoms with van der Waals surface area (Å²) in [4.78, 5) is 0. The molecule has 1 heterocycles. The molecule has 0 aliphatic carbocycles. The predicted octanol–water partition coefficient (Wildman–Crippen LogP) is 3.21. The maximum absolute atomic E-state index is 3.78. The average molecular weight is 174 g/mol. The van der Waals surface area contributed by atoms with Gasteiger partial charge in [-0.1, -0.05) is 27.7 Å². The van der Waals surface area contributed by atoms with Crippen LogP contribution in [0.15, 0.2) is 0 Å². The van der Waals surface area contributed by atoms with Gasteiger partial charge in [0.15, 0.2) is 0 Å². The van der Waals surface area contributed by atoms with Gasteiger partial charge < -0.3 is 0 Å². The monoisotopic (exact) mass is 174 g/mol. The standard InChI is InChI=1S/C4H6N2S.2C2H6/c1-3-5-6-4(2)7-3;2*1-2/h1-2H3;2*1-2H3. The Morgan fingerprint density at radius 2 is 1.09 bits per heavy atom.